The summed E-state index contributed by atoms with van der Waals surface area (Å²) >= 11 is 0. The number of rotatable bonds is 11. The predicted octanol–water partition coefficient (Wildman–Crippen LogP) is 3.69. The lowest BCUT2D eigenvalue weighted by Crippen LogP contribution is -2.50. The Morgan fingerprint density at radius 1 is 1.00 bits per heavy atom. The van der Waals surface area contributed by atoms with Crippen LogP contribution in [0.1, 0.15) is 50.2 Å². The van der Waals surface area contributed by atoms with Crippen LogP contribution in [0.3, 0.4) is 0 Å². The number of hydrogen-bond donors (Lipinski definition) is 3. The van der Waals surface area contributed by atoms with Gasteiger partial charge in [-0.05, 0) is 35.6 Å². The zero-order valence-electron chi connectivity index (χ0n) is 19.7. The minimum atomic E-state index is -1.18. The number of carboxylic acids is 1. The minimum Gasteiger partial charge on any atom is -0.480 e. The Hall–Kier alpha value is -3.39. The number of carbonyl (C=O) groups is 3. The van der Waals surface area contributed by atoms with Crippen LogP contribution in [0, 0.1) is 0 Å². The second kappa shape index (κ2) is 11.7. The number of carbonyl (C=O) groups excluding carboxylic acids is 2. The van der Waals surface area contributed by atoms with Crippen LogP contribution in [0.5, 0.6) is 0 Å². The molecule has 1 aliphatic carbocycles. The maximum Gasteiger partial charge on any atom is 0.407 e. The molecule has 2 aromatic carbocycles. The number of alkyl carbamates (subject to hydrolysis) is 1. The number of ether oxygens (including phenoxy) is 2. The Labute approximate surface area is 199 Å². The number of benzene rings is 2. The van der Waals surface area contributed by atoms with Crippen LogP contribution < -0.4 is 10.6 Å². The van der Waals surface area contributed by atoms with Gasteiger partial charge in [0.25, 0.3) is 0 Å². The number of amides is 2. The van der Waals surface area contributed by atoms with E-state index in [2.05, 4.69) is 22.8 Å². The third-order valence-electron chi connectivity index (χ3n) is 6.16. The molecule has 2 amide bonds. The van der Waals surface area contributed by atoms with Crippen LogP contribution in [-0.4, -0.2) is 55.0 Å². The molecule has 0 saturated heterocycles. The quantitative estimate of drug-likeness (QED) is 0.464. The molecule has 34 heavy (non-hydrogen) atoms. The first kappa shape index (κ1) is 25.2. The molecule has 0 radical (unpaired) electrons. The minimum absolute atomic E-state index is 0.0573. The third kappa shape index (κ3) is 5.94. The fourth-order valence-electron chi connectivity index (χ4n) is 4.35. The molecule has 8 heteroatoms. The lowest BCUT2D eigenvalue weighted by Gasteiger charge is -2.23. The number of fused-ring (bicyclic) bond motifs is 3. The predicted molar refractivity (Wildman–Crippen MR) is 128 cm³/mol. The van der Waals surface area contributed by atoms with Crippen LogP contribution in [0.25, 0.3) is 11.1 Å². The topological polar surface area (TPSA) is 114 Å². The van der Waals surface area contributed by atoms with E-state index >= 15 is 0 Å². The molecule has 0 saturated carbocycles. The Bertz CT molecular complexity index is 978. The van der Waals surface area contributed by atoms with Gasteiger partial charge in [0, 0.05) is 25.5 Å². The molecular formula is C26H32N2O6. The highest BCUT2D eigenvalue weighted by atomic mass is 16.5. The van der Waals surface area contributed by atoms with Gasteiger partial charge in [-0.25, -0.2) is 9.59 Å². The van der Waals surface area contributed by atoms with E-state index in [1.807, 2.05) is 43.3 Å². The number of hydrogen-bond acceptors (Lipinski definition) is 5. The molecular weight excluding hydrogens is 436 g/mol. The Morgan fingerprint density at radius 2 is 1.59 bits per heavy atom. The van der Waals surface area contributed by atoms with Gasteiger partial charge in [0.1, 0.15) is 6.61 Å². The molecule has 0 spiro atoms. The second-order valence-corrected chi connectivity index (χ2v) is 8.48. The normalized spacial score (nSPS) is 14.9. The van der Waals surface area contributed by atoms with Crippen LogP contribution in [0.15, 0.2) is 48.5 Å². The molecule has 0 aliphatic heterocycles. The molecule has 0 fully saturated rings. The van der Waals surface area contributed by atoms with Crippen molar-refractivity contribution in [3.05, 3.63) is 59.7 Å². The largest absolute Gasteiger partial charge is 0.480 e. The van der Waals surface area contributed by atoms with Gasteiger partial charge in [0.2, 0.25) is 5.91 Å². The van der Waals surface area contributed by atoms with Gasteiger partial charge >= 0.3 is 12.1 Å². The number of methoxy groups -OCH3 is 1. The SMILES string of the molecule is CCCC(CC(=O)N[C@H](C(=O)O)[C@@H](C)OC)NC(=O)OCC1c2ccccc2-c2ccccc21. The Kier molecular flexibility index (Phi) is 8.65. The fraction of sp³-hybridized carbons (Fsp3) is 0.423. The highest BCUT2D eigenvalue weighted by Gasteiger charge is 2.30. The first-order valence-corrected chi connectivity index (χ1v) is 11.5. The van der Waals surface area contributed by atoms with Crippen LogP contribution in [-0.2, 0) is 19.1 Å². The van der Waals surface area contributed by atoms with Gasteiger partial charge in [-0.2, -0.15) is 0 Å². The monoisotopic (exact) mass is 468 g/mol. The molecule has 3 N–H and O–H groups in total. The molecule has 8 nitrogen and oxygen atoms in total. The van der Waals surface area contributed by atoms with E-state index in [0.717, 1.165) is 28.7 Å². The zero-order chi connectivity index (χ0) is 24.7. The summed E-state index contributed by atoms with van der Waals surface area (Å²) in [6.45, 7) is 3.69. The van der Waals surface area contributed by atoms with Gasteiger partial charge in [-0.3, -0.25) is 4.79 Å². The summed E-state index contributed by atoms with van der Waals surface area (Å²) in [6, 6.07) is 14.5. The summed E-state index contributed by atoms with van der Waals surface area (Å²) in [5.74, 6) is -1.72. The van der Waals surface area contributed by atoms with E-state index in [-0.39, 0.29) is 18.9 Å². The lowest BCUT2D eigenvalue weighted by atomic mass is 9.98. The van der Waals surface area contributed by atoms with Crippen LogP contribution in [0.2, 0.25) is 0 Å². The van der Waals surface area contributed by atoms with Crippen molar-refractivity contribution < 1.29 is 29.0 Å². The summed E-state index contributed by atoms with van der Waals surface area (Å²) in [5.41, 5.74) is 4.53. The third-order valence-corrected chi connectivity index (χ3v) is 6.16. The summed E-state index contributed by atoms with van der Waals surface area (Å²) in [5, 5.41) is 14.6. The second-order valence-electron chi connectivity index (χ2n) is 8.48. The zero-order valence-corrected chi connectivity index (χ0v) is 19.7. The first-order valence-electron chi connectivity index (χ1n) is 11.5. The maximum atomic E-state index is 12.6. The average Bonchev–Trinajstić information content (AvgIpc) is 3.14. The van der Waals surface area contributed by atoms with Crippen LogP contribution in [0.4, 0.5) is 4.79 Å². The van der Waals surface area contributed by atoms with E-state index < -0.39 is 36.2 Å². The van der Waals surface area contributed by atoms with Crippen molar-refractivity contribution in [1.29, 1.82) is 0 Å². The van der Waals surface area contributed by atoms with E-state index in [4.69, 9.17) is 9.47 Å². The van der Waals surface area contributed by atoms with Crippen molar-refractivity contribution in [2.45, 2.75) is 57.2 Å². The van der Waals surface area contributed by atoms with Crippen molar-refractivity contribution in [2.75, 3.05) is 13.7 Å². The molecule has 1 unspecified atom stereocenters. The highest BCUT2D eigenvalue weighted by Crippen LogP contribution is 2.44. The smallest absolute Gasteiger partial charge is 0.407 e. The molecule has 3 atom stereocenters. The van der Waals surface area contributed by atoms with E-state index in [9.17, 15) is 19.5 Å². The number of carboxylic acid groups (broad SMARTS) is 1. The first-order chi connectivity index (χ1) is 16.3. The summed E-state index contributed by atoms with van der Waals surface area (Å²) in [7, 11) is 1.38. The number of aliphatic carboxylic acids is 1. The van der Waals surface area contributed by atoms with E-state index in [0.29, 0.717) is 6.42 Å². The molecule has 182 valence electrons. The summed E-state index contributed by atoms with van der Waals surface area (Å²) in [4.78, 5) is 36.5. The van der Waals surface area contributed by atoms with Crippen molar-refractivity contribution in [3.8, 4) is 11.1 Å². The Morgan fingerprint density at radius 3 is 2.12 bits per heavy atom. The molecule has 0 bridgehead atoms. The molecule has 2 aromatic rings. The van der Waals surface area contributed by atoms with E-state index in [1.54, 1.807) is 6.92 Å². The van der Waals surface area contributed by atoms with Gasteiger partial charge < -0.3 is 25.2 Å². The van der Waals surface area contributed by atoms with Crippen molar-refractivity contribution >= 4 is 18.0 Å². The molecule has 1 aliphatic rings. The number of nitrogens with one attached hydrogen (secondary N) is 2. The van der Waals surface area contributed by atoms with Gasteiger partial charge in [-0.15, -0.1) is 0 Å². The lowest BCUT2D eigenvalue weighted by molar-refractivity contribution is -0.145. The van der Waals surface area contributed by atoms with Gasteiger partial charge in [0.15, 0.2) is 6.04 Å². The Balaban J connectivity index is 1.59. The van der Waals surface area contributed by atoms with Gasteiger partial charge in [0.05, 0.1) is 6.10 Å². The average molecular weight is 469 g/mol. The van der Waals surface area contributed by atoms with Gasteiger partial charge in [-0.1, -0.05) is 61.9 Å². The van der Waals surface area contributed by atoms with E-state index in [1.165, 1.54) is 7.11 Å². The van der Waals surface area contributed by atoms with Crippen LogP contribution >= 0.6 is 0 Å². The molecule has 0 aromatic heterocycles. The standard InChI is InChI=1S/C26H32N2O6/c1-4-9-17(14-23(29)28-24(25(30)31)16(2)33-3)27-26(32)34-15-22-20-12-7-5-10-18(20)19-11-6-8-13-21(19)22/h5-8,10-13,16-17,22,24H,4,9,14-15H2,1-3H3,(H,27,32)(H,28,29)(H,30,31)/t16-,17?,24+/m1/s1. The molecule has 3 rings (SSSR count). The van der Waals surface area contributed by atoms with Crippen molar-refractivity contribution in [2.24, 2.45) is 0 Å². The summed E-state index contributed by atoms with van der Waals surface area (Å²) < 4.78 is 10.6. The highest BCUT2D eigenvalue weighted by molar-refractivity contribution is 5.84. The van der Waals surface area contributed by atoms with Crippen molar-refractivity contribution in [3.63, 3.8) is 0 Å². The maximum absolute atomic E-state index is 12.6. The fourth-order valence-corrected chi connectivity index (χ4v) is 4.35. The summed E-state index contributed by atoms with van der Waals surface area (Å²) in [6.07, 6.45) is -0.0689. The molecule has 0 heterocycles. The van der Waals surface area contributed by atoms with Crippen molar-refractivity contribution in [1.82, 2.24) is 10.6 Å².